The minimum atomic E-state index is -2.15. The first-order chi connectivity index (χ1) is 11.0. The second kappa shape index (κ2) is 8.53. The second-order valence-corrected chi connectivity index (χ2v) is 14.0. The summed E-state index contributed by atoms with van der Waals surface area (Å²) in [6.07, 6.45) is -1.16. The lowest BCUT2D eigenvalue weighted by Gasteiger charge is -2.42. The molecule has 0 aromatic heterocycles. The zero-order valence-electron chi connectivity index (χ0n) is 17.8. The van der Waals surface area contributed by atoms with Gasteiger partial charge in [-0.3, -0.25) is 0 Å². The van der Waals surface area contributed by atoms with Crippen LogP contribution in [0.2, 0.25) is 18.1 Å². The minimum Gasteiger partial charge on any atom is -0.467 e. The van der Waals surface area contributed by atoms with E-state index in [2.05, 4.69) is 39.2 Å². The molecule has 0 aromatic rings. The monoisotopic (exact) mass is 375 g/mol. The Morgan fingerprint density at radius 2 is 1.48 bits per heavy atom. The predicted molar refractivity (Wildman–Crippen MR) is 102 cm³/mol. The fraction of sp³-hybridized carbons (Fsp3) is 0.889. The molecule has 1 amide bonds. The minimum absolute atomic E-state index is 0.00756. The maximum Gasteiger partial charge on any atom is 0.408 e. The SMILES string of the molecule is COC(=O)[C@@H](NC(=O)OC(C)(C)C)[C@@H](O[Si](C)(C)C(C)(C)C)C(C)C. The standard InChI is InChI=1S/C18H37NO5Si/c1-12(2)14(24-25(10,11)18(6,7)8)13(15(20)22-9)19-16(21)23-17(3,4)5/h12-14H,1-11H3,(H,19,21)/t13-,14-/m0/s1. The number of amides is 1. The van der Waals surface area contributed by atoms with Gasteiger partial charge in [-0.1, -0.05) is 34.6 Å². The van der Waals surface area contributed by atoms with Crippen molar-refractivity contribution in [1.29, 1.82) is 0 Å². The Morgan fingerprint density at radius 3 is 1.80 bits per heavy atom. The van der Waals surface area contributed by atoms with Crippen molar-refractivity contribution in [3.05, 3.63) is 0 Å². The van der Waals surface area contributed by atoms with E-state index >= 15 is 0 Å². The van der Waals surface area contributed by atoms with Crippen LogP contribution in [-0.2, 0) is 18.7 Å². The van der Waals surface area contributed by atoms with E-state index in [1.165, 1.54) is 7.11 Å². The zero-order valence-corrected chi connectivity index (χ0v) is 18.8. The molecule has 0 aliphatic heterocycles. The van der Waals surface area contributed by atoms with Crippen molar-refractivity contribution >= 4 is 20.4 Å². The van der Waals surface area contributed by atoms with E-state index in [9.17, 15) is 9.59 Å². The van der Waals surface area contributed by atoms with Crippen LogP contribution in [0.5, 0.6) is 0 Å². The number of esters is 1. The predicted octanol–water partition coefficient (Wildman–Crippen LogP) is 4.10. The van der Waals surface area contributed by atoms with Crippen molar-refractivity contribution in [2.75, 3.05) is 7.11 Å². The maximum absolute atomic E-state index is 12.3. The van der Waals surface area contributed by atoms with Crippen LogP contribution in [0.3, 0.4) is 0 Å². The lowest BCUT2D eigenvalue weighted by atomic mass is 10.00. The first-order valence-electron chi connectivity index (χ1n) is 8.77. The molecule has 0 bridgehead atoms. The Morgan fingerprint density at radius 1 is 1.00 bits per heavy atom. The average molecular weight is 376 g/mol. The molecule has 7 heteroatoms. The highest BCUT2D eigenvalue weighted by Gasteiger charge is 2.44. The van der Waals surface area contributed by atoms with Gasteiger partial charge < -0.3 is 19.2 Å². The van der Waals surface area contributed by atoms with Gasteiger partial charge in [0.2, 0.25) is 0 Å². The molecule has 2 atom stereocenters. The van der Waals surface area contributed by atoms with Crippen molar-refractivity contribution in [3.8, 4) is 0 Å². The number of methoxy groups -OCH3 is 1. The molecule has 25 heavy (non-hydrogen) atoms. The molecule has 1 N–H and O–H groups in total. The van der Waals surface area contributed by atoms with E-state index in [4.69, 9.17) is 13.9 Å². The van der Waals surface area contributed by atoms with Crippen LogP contribution in [0.25, 0.3) is 0 Å². The molecule has 0 spiro atoms. The number of carbonyl (C=O) groups is 2. The number of carbonyl (C=O) groups excluding carboxylic acids is 2. The van der Waals surface area contributed by atoms with Crippen molar-refractivity contribution in [2.45, 2.75) is 91.3 Å². The van der Waals surface area contributed by atoms with Gasteiger partial charge in [0.25, 0.3) is 0 Å². The molecule has 148 valence electrons. The molecule has 0 radical (unpaired) electrons. The summed E-state index contributed by atoms with van der Waals surface area (Å²) in [5, 5.41) is 2.62. The number of alkyl carbamates (subject to hydrolysis) is 1. The van der Waals surface area contributed by atoms with Gasteiger partial charge in [-0.2, -0.15) is 0 Å². The highest BCUT2D eigenvalue weighted by Crippen LogP contribution is 2.38. The maximum atomic E-state index is 12.3. The number of hydrogen-bond donors (Lipinski definition) is 1. The van der Waals surface area contributed by atoms with Gasteiger partial charge in [0.15, 0.2) is 14.4 Å². The lowest BCUT2D eigenvalue weighted by Crippen LogP contribution is -2.57. The van der Waals surface area contributed by atoms with Gasteiger partial charge in [0.05, 0.1) is 13.2 Å². The fourth-order valence-corrected chi connectivity index (χ4v) is 3.38. The number of ether oxygens (including phenoxy) is 2. The summed E-state index contributed by atoms with van der Waals surface area (Å²) >= 11 is 0. The third kappa shape index (κ3) is 7.77. The Kier molecular flexibility index (Phi) is 8.16. The van der Waals surface area contributed by atoms with Crippen LogP contribution in [0, 0.1) is 5.92 Å². The smallest absolute Gasteiger partial charge is 0.408 e. The van der Waals surface area contributed by atoms with E-state index in [0.29, 0.717) is 0 Å². The van der Waals surface area contributed by atoms with Crippen molar-refractivity contribution in [3.63, 3.8) is 0 Å². The van der Waals surface area contributed by atoms with Gasteiger partial charge >= 0.3 is 12.1 Å². The van der Waals surface area contributed by atoms with E-state index in [1.54, 1.807) is 20.8 Å². The van der Waals surface area contributed by atoms with Crippen LogP contribution in [0.4, 0.5) is 4.79 Å². The molecule has 0 aliphatic rings. The molecule has 0 rings (SSSR count). The van der Waals surface area contributed by atoms with Gasteiger partial charge in [0, 0.05) is 0 Å². The summed E-state index contributed by atoms with van der Waals surface area (Å²) in [4.78, 5) is 24.5. The van der Waals surface area contributed by atoms with Crippen molar-refractivity contribution < 1.29 is 23.5 Å². The normalized spacial score (nSPS) is 15.5. The van der Waals surface area contributed by atoms with Crippen LogP contribution in [0.1, 0.15) is 55.4 Å². The molecule has 0 heterocycles. The molecular formula is C18H37NO5Si. The Balaban J connectivity index is 5.56. The molecule has 0 fully saturated rings. The number of rotatable bonds is 6. The average Bonchev–Trinajstić information content (AvgIpc) is 2.38. The van der Waals surface area contributed by atoms with Gasteiger partial charge in [-0.05, 0) is 44.8 Å². The zero-order chi connectivity index (χ0) is 20.2. The van der Waals surface area contributed by atoms with Crippen LogP contribution in [-0.4, -0.2) is 45.2 Å². The van der Waals surface area contributed by atoms with E-state index in [0.717, 1.165) is 0 Å². The fourth-order valence-electron chi connectivity index (χ4n) is 1.94. The largest absolute Gasteiger partial charge is 0.467 e. The van der Waals surface area contributed by atoms with E-state index in [-0.39, 0.29) is 11.0 Å². The van der Waals surface area contributed by atoms with Gasteiger partial charge in [0.1, 0.15) is 5.60 Å². The Labute approximate surface area is 154 Å². The van der Waals surface area contributed by atoms with Gasteiger partial charge in [-0.25, -0.2) is 9.59 Å². The summed E-state index contributed by atoms with van der Waals surface area (Å²) < 4.78 is 16.6. The molecule has 0 saturated carbocycles. The van der Waals surface area contributed by atoms with Crippen molar-refractivity contribution in [2.24, 2.45) is 5.92 Å². The first-order valence-corrected chi connectivity index (χ1v) is 11.7. The van der Waals surface area contributed by atoms with E-state index in [1.807, 2.05) is 13.8 Å². The third-order valence-corrected chi connectivity index (χ3v) is 8.82. The summed E-state index contributed by atoms with van der Waals surface area (Å²) in [7, 11) is -0.849. The molecular weight excluding hydrogens is 338 g/mol. The lowest BCUT2D eigenvalue weighted by molar-refractivity contribution is -0.146. The second-order valence-electron chi connectivity index (χ2n) is 9.23. The molecule has 6 nitrogen and oxygen atoms in total. The quantitative estimate of drug-likeness (QED) is 0.559. The summed E-state index contributed by atoms with van der Waals surface area (Å²) in [5.41, 5.74) is -0.654. The summed E-state index contributed by atoms with van der Waals surface area (Å²) in [6.45, 7) is 19.9. The van der Waals surface area contributed by atoms with Crippen molar-refractivity contribution in [1.82, 2.24) is 5.32 Å². The third-order valence-electron chi connectivity index (χ3n) is 4.35. The summed E-state index contributed by atoms with van der Waals surface area (Å²) in [5.74, 6) is -0.531. The van der Waals surface area contributed by atoms with E-state index < -0.39 is 38.1 Å². The van der Waals surface area contributed by atoms with Crippen LogP contribution >= 0.6 is 0 Å². The first kappa shape index (κ1) is 23.9. The Bertz CT molecular complexity index is 463. The highest BCUT2D eigenvalue weighted by atomic mass is 28.4. The molecule has 0 unspecified atom stereocenters. The molecule has 0 saturated heterocycles. The molecule has 0 aromatic carbocycles. The highest BCUT2D eigenvalue weighted by molar-refractivity contribution is 6.74. The topological polar surface area (TPSA) is 73.9 Å². The van der Waals surface area contributed by atoms with Crippen LogP contribution in [0.15, 0.2) is 0 Å². The van der Waals surface area contributed by atoms with Crippen LogP contribution < -0.4 is 5.32 Å². The summed E-state index contributed by atoms with van der Waals surface area (Å²) in [6, 6.07) is -0.922. The number of nitrogens with one attached hydrogen (secondary N) is 1. The van der Waals surface area contributed by atoms with Gasteiger partial charge in [-0.15, -0.1) is 0 Å². The molecule has 0 aliphatic carbocycles. The Hall–Kier alpha value is -1.08. The number of hydrogen-bond acceptors (Lipinski definition) is 5.